The topological polar surface area (TPSA) is 64.7 Å². The van der Waals surface area contributed by atoms with Crippen molar-refractivity contribution in [2.45, 2.75) is 25.7 Å². The van der Waals surface area contributed by atoms with Crippen LogP contribution in [-0.2, 0) is 4.57 Å². The smallest absolute Gasteiger partial charge is 0.198 e. The Kier molecular flexibility index (Phi) is 8.10. The molecule has 0 saturated heterocycles. The fraction of sp³-hybridized carbons (Fsp3) is 0.556. The van der Waals surface area contributed by atoms with Gasteiger partial charge in [0.2, 0.25) is 0 Å². The van der Waals surface area contributed by atoms with Crippen molar-refractivity contribution in [2.75, 3.05) is 6.16 Å². The molecule has 0 aliphatic rings. The molecule has 4 heteroatoms. The normalized spacial score (nSPS) is 8.77. The third kappa shape index (κ3) is 7.19. The number of hydrogen-bond acceptors (Lipinski definition) is 3. The van der Waals surface area contributed by atoms with Gasteiger partial charge in [-0.25, -0.2) is 0 Å². The molecule has 0 aliphatic carbocycles. The highest BCUT2D eigenvalue weighted by Crippen LogP contribution is 2.12. The second-order valence-corrected chi connectivity index (χ2v) is 3.22. The summed E-state index contributed by atoms with van der Waals surface area (Å²) in [4.78, 5) is 0. The van der Waals surface area contributed by atoms with E-state index in [-0.39, 0.29) is 8.46 Å². The van der Waals surface area contributed by atoms with Crippen LogP contribution in [0.4, 0.5) is 0 Å². The van der Waals surface area contributed by atoms with E-state index in [1.54, 1.807) is 0 Å². The van der Waals surface area contributed by atoms with Crippen LogP contribution in [0.1, 0.15) is 25.7 Å². The molecule has 0 aromatic rings. The molecule has 1 unspecified atom stereocenters. The Hall–Kier alpha value is -1.18. The molecule has 0 aromatic carbocycles. The largest absolute Gasteiger partial charge is 0.328 e. The van der Waals surface area contributed by atoms with Gasteiger partial charge in [0.15, 0.2) is 6.16 Å². The number of rotatable bonds is 6. The zero-order valence-corrected chi connectivity index (χ0v) is 8.42. The highest BCUT2D eigenvalue weighted by molar-refractivity contribution is 7.23. The Morgan fingerprint density at radius 1 is 1.23 bits per heavy atom. The van der Waals surface area contributed by atoms with Gasteiger partial charge in [0.1, 0.15) is 0 Å². The maximum absolute atomic E-state index is 10.2. The van der Waals surface area contributed by atoms with E-state index in [0.29, 0.717) is 31.8 Å². The van der Waals surface area contributed by atoms with Crippen LogP contribution < -0.4 is 0 Å². The van der Waals surface area contributed by atoms with Gasteiger partial charge >= 0.3 is 8.46 Å². The van der Waals surface area contributed by atoms with E-state index in [0.717, 1.165) is 5.57 Å². The van der Waals surface area contributed by atoms with E-state index in [9.17, 15) is 4.57 Å². The molecule has 0 bridgehead atoms. The minimum absolute atomic E-state index is 0.331. The summed E-state index contributed by atoms with van der Waals surface area (Å²) in [5.74, 6) is 0. The van der Waals surface area contributed by atoms with Crippen molar-refractivity contribution in [3.8, 4) is 12.1 Å². The Morgan fingerprint density at radius 3 is 2.15 bits per heavy atom. The first-order valence-corrected chi connectivity index (χ1v) is 5.23. The molecule has 0 fully saturated rings. The minimum Gasteiger partial charge on any atom is -0.198 e. The number of hydrogen-bond donors (Lipinski definition) is 0. The van der Waals surface area contributed by atoms with Crippen molar-refractivity contribution in [2.24, 2.45) is 0 Å². The minimum atomic E-state index is -0.331. The summed E-state index contributed by atoms with van der Waals surface area (Å²) >= 11 is 0. The fourth-order valence-electron chi connectivity index (χ4n) is 0.948. The molecule has 0 rings (SSSR count). The summed E-state index contributed by atoms with van der Waals surface area (Å²) in [7, 11) is -0.331. The molecule has 0 heterocycles. The van der Waals surface area contributed by atoms with Crippen molar-refractivity contribution in [1.29, 1.82) is 10.5 Å². The average Bonchev–Trinajstić information content (AvgIpc) is 2.17. The van der Waals surface area contributed by atoms with Gasteiger partial charge < -0.3 is 0 Å². The van der Waals surface area contributed by atoms with Crippen LogP contribution in [0.5, 0.6) is 0 Å². The van der Waals surface area contributed by atoms with Crippen molar-refractivity contribution in [3.05, 3.63) is 11.6 Å². The molecule has 1 atom stereocenters. The quantitative estimate of drug-likeness (QED) is 0.483. The molecule has 0 saturated carbocycles. The summed E-state index contributed by atoms with van der Waals surface area (Å²) < 4.78 is 10.2. The SMILES string of the molecule is N#CCCC(=CC[PH+]=O)CCC#N. The van der Waals surface area contributed by atoms with Gasteiger partial charge in [-0.1, -0.05) is 10.1 Å². The Morgan fingerprint density at radius 2 is 1.77 bits per heavy atom. The van der Waals surface area contributed by atoms with Crippen LogP contribution in [0.2, 0.25) is 0 Å². The maximum atomic E-state index is 10.2. The molecule has 0 aromatic heterocycles. The molecule has 0 aliphatic heterocycles. The zero-order chi connectivity index (χ0) is 9.94. The highest BCUT2D eigenvalue weighted by atomic mass is 31.1. The van der Waals surface area contributed by atoms with E-state index >= 15 is 0 Å². The Balaban J connectivity index is 3.96. The molecule has 0 spiro atoms. The van der Waals surface area contributed by atoms with Crippen LogP contribution in [0, 0.1) is 22.7 Å². The lowest BCUT2D eigenvalue weighted by Gasteiger charge is -1.98. The van der Waals surface area contributed by atoms with Gasteiger partial charge in [-0.3, -0.25) is 0 Å². The van der Waals surface area contributed by atoms with E-state index in [2.05, 4.69) is 12.1 Å². The van der Waals surface area contributed by atoms with Gasteiger partial charge in [-0.2, -0.15) is 10.5 Å². The predicted octanol–water partition coefficient (Wildman–Crippen LogP) is 2.54. The van der Waals surface area contributed by atoms with Gasteiger partial charge in [0, 0.05) is 12.8 Å². The number of nitriles is 2. The first kappa shape index (κ1) is 11.8. The van der Waals surface area contributed by atoms with Crippen LogP contribution in [0.3, 0.4) is 0 Å². The second kappa shape index (κ2) is 8.91. The van der Waals surface area contributed by atoms with Crippen LogP contribution in [-0.4, -0.2) is 6.16 Å². The Bertz CT molecular complexity index is 240. The average molecular weight is 195 g/mol. The molecular weight excluding hydrogens is 183 g/mol. The summed E-state index contributed by atoms with van der Waals surface area (Å²) in [5.41, 5.74) is 1.08. The fourth-order valence-corrected chi connectivity index (χ4v) is 1.32. The lowest BCUT2D eigenvalue weighted by molar-refractivity contribution is 0.600. The Labute approximate surface area is 79.9 Å². The maximum Gasteiger partial charge on any atom is 0.328 e. The number of allylic oxidation sites excluding steroid dienone is 2. The van der Waals surface area contributed by atoms with Gasteiger partial charge in [0.05, 0.1) is 12.1 Å². The lowest BCUT2D eigenvalue weighted by atomic mass is 10.1. The van der Waals surface area contributed by atoms with Crippen LogP contribution >= 0.6 is 8.46 Å². The molecule has 3 nitrogen and oxygen atoms in total. The van der Waals surface area contributed by atoms with Gasteiger partial charge in [0.25, 0.3) is 0 Å². The number of nitrogens with zero attached hydrogens (tertiary/aromatic N) is 2. The van der Waals surface area contributed by atoms with Crippen molar-refractivity contribution in [1.82, 2.24) is 0 Å². The van der Waals surface area contributed by atoms with E-state index in [1.165, 1.54) is 0 Å². The second-order valence-electron chi connectivity index (χ2n) is 2.53. The van der Waals surface area contributed by atoms with E-state index in [1.807, 2.05) is 6.08 Å². The van der Waals surface area contributed by atoms with Gasteiger partial charge in [-0.05, 0) is 18.9 Å². The molecule has 0 amide bonds. The third-order valence-electron chi connectivity index (χ3n) is 1.59. The summed E-state index contributed by atoms with van der Waals surface area (Å²) in [6.45, 7) is 0. The predicted molar refractivity (Wildman–Crippen MR) is 51.6 cm³/mol. The summed E-state index contributed by atoms with van der Waals surface area (Å²) in [6.07, 6.45) is 4.75. The van der Waals surface area contributed by atoms with Crippen LogP contribution in [0.15, 0.2) is 11.6 Å². The zero-order valence-electron chi connectivity index (χ0n) is 7.42. The van der Waals surface area contributed by atoms with E-state index in [4.69, 9.17) is 10.5 Å². The van der Waals surface area contributed by atoms with Crippen LogP contribution in [0.25, 0.3) is 0 Å². The highest BCUT2D eigenvalue weighted by Gasteiger charge is 1.98. The molecule has 0 radical (unpaired) electrons. The van der Waals surface area contributed by atoms with E-state index < -0.39 is 0 Å². The molecule has 13 heavy (non-hydrogen) atoms. The standard InChI is InChI=1S/C9H11N2OP/c10-6-1-3-9(4-2-7-11)5-8-13-12/h5H,1-4,8H2/p+1. The monoisotopic (exact) mass is 195 g/mol. The van der Waals surface area contributed by atoms with Crippen molar-refractivity contribution in [3.63, 3.8) is 0 Å². The lowest BCUT2D eigenvalue weighted by Crippen LogP contribution is -1.84. The first-order chi connectivity index (χ1) is 6.35. The van der Waals surface area contributed by atoms with Crippen molar-refractivity contribution < 1.29 is 4.57 Å². The first-order valence-electron chi connectivity index (χ1n) is 4.12. The van der Waals surface area contributed by atoms with Crippen molar-refractivity contribution >= 4 is 8.46 Å². The van der Waals surface area contributed by atoms with Gasteiger partial charge in [-0.15, -0.1) is 0 Å². The summed E-state index contributed by atoms with van der Waals surface area (Å²) in [6, 6.07) is 4.10. The summed E-state index contributed by atoms with van der Waals surface area (Å²) in [5, 5.41) is 16.7. The molecule has 0 N–H and O–H groups in total. The third-order valence-corrected chi connectivity index (χ3v) is 1.96. The molecular formula is C9H12N2OP+. The molecule has 68 valence electrons.